The molecule has 0 spiro atoms. The van der Waals surface area contributed by atoms with Crippen LogP contribution in [0.25, 0.3) is 11.1 Å². The van der Waals surface area contributed by atoms with E-state index in [1.807, 2.05) is 54.8 Å². The summed E-state index contributed by atoms with van der Waals surface area (Å²) in [6.07, 6.45) is 1.69. The fourth-order valence-corrected chi connectivity index (χ4v) is 2.85. The van der Waals surface area contributed by atoms with Gasteiger partial charge in [-0.15, -0.1) is 11.3 Å². The molecular weight excluding hydrogens is 320 g/mol. The number of hydrogen-bond acceptors (Lipinski definition) is 4. The zero-order valence-corrected chi connectivity index (χ0v) is 14.1. The van der Waals surface area contributed by atoms with Gasteiger partial charge < -0.3 is 4.74 Å². The molecule has 4 nitrogen and oxygen atoms in total. The van der Waals surface area contributed by atoms with Crippen LogP contribution in [0.15, 0.2) is 66.2 Å². The number of benzene rings is 2. The molecule has 1 heterocycles. The van der Waals surface area contributed by atoms with Crippen LogP contribution in [0.1, 0.15) is 13.3 Å². The fourth-order valence-electron chi connectivity index (χ4n) is 2.31. The maximum absolute atomic E-state index is 12.3. The van der Waals surface area contributed by atoms with Gasteiger partial charge in [-0.2, -0.15) is 0 Å². The quantitative estimate of drug-likeness (QED) is 0.714. The van der Waals surface area contributed by atoms with Gasteiger partial charge in [0, 0.05) is 11.6 Å². The Hall–Kier alpha value is -2.66. The van der Waals surface area contributed by atoms with Gasteiger partial charge in [0.2, 0.25) is 0 Å². The van der Waals surface area contributed by atoms with Gasteiger partial charge in [0.05, 0.1) is 0 Å². The van der Waals surface area contributed by atoms with Crippen molar-refractivity contribution in [3.8, 4) is 16.9 Å². The topological polar surface area (TPSA) is 51.2 Å². The lowest BCUT2D eigenvalue weighted by Crippen LogP contribution is -2.32. The second-order valence-electron chi connectivity index (χ2n) is 5.23. The number of amides is 1. The number of aromatic nitrogens is 1. The van der Waals surface area contributed by atoms with Crippen molar-refractivity contribution in [1.82, 2.24) is 4.98 Å². The van der Waals surface area contributed by atoms with Crippen LogP contribution in [0.2, 0.25) is 0 Å². The summed E-state index contributed by atoms with van der Waals surface area (Å²) < 4.78 is 5.83. The van der Waals surface area contributed by atoms with Crippen molar-refractivity contribution >= 4 is 22.4 Å². The van der Waals surface area contributed by atoms with Gasteiger partial charge in [0.1, 0.15) is 5.75 Å². The summed E-state index contributed by atoms with van der Waals surface area (Å²) in [5.74, 6) is 0.496. The molecule has 0 aliphatic heterocycles. The largest absolute Gasteiger partial charge is 0.481 e. The van der Waals surface area contributed by atoms with E-state index in [2.05, 4.69) is 22.4 Å². The maximum atomic E-state index is 12.3. The van der Waals surface area contributed by atoms with Crippen LogP contribution in [0.5, 0.6) is 5.75 Å². The molecule has 0 saturated carbocycles. The molecule has 0 aliphatic rings. The highest BCUT2D eigenvalue weighted by Gasteiger charge is 2.19. The average Bonchev–Trinajstić information content (AvgIpc) is 3.14. The Kier molecular flexibility index (Phi) is 5.23. The summed E-state index contributed by atoms with van der Waals surface area (Å²) in [7, 11) is 0. The number of nitrogens with zero attached hydrogens (tertiary/aromatic N) is 1. The maximum Gasteiger partial charge on any atom is 0.267 e. The van der Waals surface area contributed by atoms with Crippen molar-refractivity contribution in [3.63, 3.8) is 0 Å². The third-order valence-electron chi connectivity index (χ3n) is 3.57. The van der Waals surface area contributed by atoms with E-state index in [9.17, 15) is 4.79 Å². The summed E-state index contributed by atoms with van der Waals surface area (Å²) in [6.45, 7) is 1.92. The molecule has 1 N–H and O–H groups in total. The van der Waals surface area contributed by atoms with Crippen molar-refractivity contribution in [3.05, 3.63) is 66.2 Å². The predicted molar refractivity (Wildman–Crippen MR) is 97.3 cm³/mol. The van der Waals surface area contributed by atoms with Crippen LogP contribution in [0.3, 0.4) is 0 Å². The number of thiazole rings is 1. The minimum absolute atomic E-state index is 0.181. The molecule has 24 heavy (non-hydrogen) atoms. The molecular formula is C19H18N2O2S. The van der Waals surface area contributed by atoms with E-state index in [-0.39, 0.29) is 5.91 Å². The molecule has 3 rings (SSSR count). The van der Waals surface area contributed by atoms with Crippen molar-refractivity contribution in [2.24, 2.45) is 0 Å². The van der Waals surface area contributed by atoms with Gasteiger partial charge in [-0.25, -0.2) is 4.98 Å². The van der Waals surface area contributed by atoms with Crippen LogP contribution in [0, 0.1) is 0 Å². The zero-order chi connectivity index (χ0) is 16.8. The molecule has 122 valence electrons. The third-order valence-corrected chi connectivity index (χ3v) is 4.25. The lowest BCUT2D eigenvalue weighted by molar-refractivity contribution is -0.122. The summed E-state index contributed by atoms with van der Waals surface area (Å²) in [5.41, 5.74) is 2.26. The van der Waals surface area contributed by atoms with Crippen LogP contribution in [-0.4, -0.2) is 17.0 Å². The summed E-state index contributed by atoms with van der Waals surface area (Å²) >= 11 is 1.39. The molecule has 1 atom stereocenters. The average molecular weight is 338 g/mol. The first kappa shape index (κ1) is 16.2. The van der Waals surface area contributed by atoms with Crippen molar-refractivity contribution < 1.29 is 9.53 Å². The van der Waals surface area contributed by atoms with Crippen LogP contribution >= 0.6 is 11.3 Å². The normalized spacial score (nSPS) is 11.7. The highest BCUT2D eigenvalue weighted by atomic mass is 32.1. The second kappa shape index (κ2) is 7.75. The molecule has 2 aromatic carbocycles. The number of nitrogens with one attached hydrogen (secondary N) is 1. The molecule has 0 saturated heterocycles. The number of hydrogen-bond donors (Lipinski definition) is 1. The van der Waals surface area contributed by atoms with E-state index in [1.165, 1.54) is 11.3 Å². The van der Waals surface area contributed by atoms with Gasteiger partial charge >= 0.3 is 0 Å². The summed E-state index contributed by atoms with van der Waals surface area (Å²) in [5, 5.41) is 5.18. The first-order valence-corrected chi connectivity index (χ1v) is 8.66. The van der Waals surface area contributed by atoms with E-state index in [0.717, 1.165) is 11.1 Å². The number of carbonyl (C=O) groups is 1. The Labute approximate surface area is 145 Å². The van der Waals surface area contributed by atoms with Crippen LogP contribution < -0.4 is 10.1 Å². The molecule has 0 radical (unpaired) electrons. The first-order chi connectivity index (χ1) is 11.8. The van der Waals surface area contributed by atoms with E-state index in [4.69, 9.17) is 4.74 Å². The fraction of sp³-hybridized carbons (Fsp3) is 0.158. The van der Waals surface area contributed by atoms with E-state index >= 15 is 0 Å². The number of anilines is 1. The Morgan fingerprint density at radius 2 is 1.83 bits per heavy atom. The molecule has 0 fully saturated rings. The minimum Gasteiger partial charge on any atom is -0.481 e. The summed E-state index contributed by atoms with van der Waals surface area (Å²) in [6, 6.07) is 17.9. The SMILES string of the molecule is CCC(Oc1ccc(-c2ccccc2)cc1)C(=O)Nc1nccs1. The van der Waals surface area contributed by atoms with Crippen LogP contribution in [-0.2, 0) is 4.79 Å². The van der Waals surface area contributed by atoms with Gasteiger partial charge in [-0.3, -0.25) is 10.1 Å². The molecule has 1 aromatic heterocycles. The molecule has 1 amide bonds. The molecule has 5 heteroatoms. The lowest BCUT2D eigenvalue weighted by atomic mass is 10.1. The van der Waals surface area contributed by atoms with Crippen molar-refractivity contribution in [1.29, 1.82) is 0 Å². The second-order valence-corrected chi connectivity index (χ2v) is 6.13. The molecule has 0 aliphatic carbocycles. The first-order valence-electron chi connectivity index (χ1n) is 7.78. The van der Waals surface area contributed by atoms with Gasteiger partial charge in [0.15, 0.2) is 11.2 Å². The van der Waals surface area contributed by atoms with Crippen molar-refractivity contribution in [2.45, 2.75) is 19.4 Å². The van der Waals surface area contributed by atoms with E-state index < -0.39 is 6.10 Å². The van der Waals surface area contributed by atoms with Gasteiger partial charge in [0.25, 0.3) is 5.91 Å². The Bertz CT molecular complexity index is 771. The van der Waals surface area contributed by atoms with Gasteiger partial charge in [-0.05, 0) is 29.7 Å². The molecule has 0 bridgehead atoms. The number of ether oxygens (including phenoxy) is 1. The van der Waals surface area contributed by atoms with E-state index in [1.54, 1.807) is 6.20 Å². The van der Waals surface area contributed by atoms with Crippen molar-refractivity contribution in [2.75, 3.05) is 5.32 Å². The monoisotopic (exact) mass is 338 g/mol. The summed E-state index contributed by atoms with van der Waals surface area (Å²) in [4.78, 5) is 16.3. The van der Waals surface area contributed by atoms with Gasteiger partial charge in [-0.1, -0.05) is 49.4 Å². The minimum atomic E-state index is -0.545. The Balaban J connectivity index is 1.66. The van der Waals surface area contributed by atoms with E-state index in [0.29, 0.717) is 17.3 Å². The Morgan fingerprint density at radius 3 is 2.46 bits per heavy atom. The zero-order valence-electron chi connectivity index (χ0n) is 13.3. The predicted octanol–water partition coefficient (Wildman–Crippen LogP) is 4.61. The standard InChI is InChI=1S/C19H18N2O2S/c1-2-17(18(22)21-19-20-12-13-24-19)23-16-10-8-15(9-11-16)14-6-4-3-5-7-14/h3-13,17H,2H2,1H3,(H,20,21,22). The number of rotatable bonds is 6. The Morgan fingerprint density at radius 1 is 1.12 bits per heavy atom. The highest BCUT2D eigenvalue weighted by Crippen LogP contribution is 2.23. The molecule has 3 aromatic rings. The number of carbonyl (C=O) groups excluding carboxylic acids is 1. The smallest absolute Gasteiger partial charge is 0.267 e. The van der Waals surface area contributed by atoms with Crippen LogP contribution in [0.4, 0.5) is 5.13 Å². The molecule has 1 unspecified atom stereocenters. The highest BCUT2D eigenvalue weighted by molar-refractivity contribution is 7.13. The third kappa shape index (κ3) is 4.00. The lowest BCUT2D eigenvalue weighted by Gasteiger charge is -2.16.